The first kappa shape index (κ1) is 16.6. The van der Waals surface area contributed by atoms with Crippen molar-refractivity contribution in [2.45, 2.75) is 38.5 Å². The quantitative estimate of drug-likeness (QED) is 0.748. The van der Waals surface area contributed by atoms with Gasteiger partial charge in [0.2, 0.25) is 0 Å². The number of aryl methyl sites for hydroxylation is 1. The number of pyridine rings is 1. The van der Waals surface area contributed by atoms with Crippen molar-refractivity contribution in [1.82, 2.24) is 4.98 Å². The maximum Gasteiger partial charge on any atom is 0.175 e. The number of ketones is 1. The monoisotopic (exact) mass is 327 g/mol. The van der Waals surface area contributed by atoms with Crippen molar-refractivity contribution in [3.63, 3.8) is 0 Å². The number of nitrogens with zero attached hydrogens (tertiary/aromatic N) is 1. The predicted molar refractivity (Wildman–Crippen MR) is 91.0 cm³/mol. The fraction of sp³-hybridized carbons (Fsp3) is 0.400. The summed E-state index contributed by atoms with van der Waals surface area (Å²) in [6, 6.07) is 10.1. The molecule has 0 spiro atoms. The molecule has 0 amide bonds. The molecule has 4 heteroatoms. The lowest BCUT2D eigenvalue weighted by Gasteiger charge is -2.22. The van der Waals surface area contributed by atoms with E-state index in [0.717, 1.165) is 37.1 Å². The van der Waals surface area contributed by atoms with Gasteiger partial charge in [-0.15, -0.1) is 0 Å². The number of ether oxygens (including phenoxy) is 1. The van der Waals surface area contributed by atoms with E-state index in [4.69, 9.17) is 4.74 Å². The Hall–Kier alpha value is -2.23. The van der Waals surface area contributed by atoms with Gasteiger partial charge in [-0.1, -0.05) is 18.9 Å². The highest BCUT2D eigenvalue weighted by Gasteiger charge is 2.34. The maximum absolute atomic E-state index is 14.4. The van der Waals surface area contributed by atoms with Crippen molar-refractivity contribution in [2.75, 3.05) is 7.11 Å². The highest BCUT2D eigenvalue weighted by molar-refractivity contribution is 6.01. The molecule has 1 fully saturated rings. The van der Waals surface area contributed by atoms with Crippen molar-refractivity contribution in [1.29, 1.82) is 0 Å². The molecule has 3 rings (SSSR count). The van der Waals surface area contributed by atoms with Crippen LogP contribution >= 0.6 is 0 Å². The number of carbonyl (C=O) groups excluding carboxylic acids is 1. The van der Waals surface area contributed by atoms with Gasteiger partial charge in [0.05, 0.1) is 24.3 Å². The second-order valence-corrected chi connectivity index (χ2v) is 6.44. The smallest absolute Gasteiger partial charge is 0.175 e. The molecule has 1 unspecified atom stereocenters. The van der Waals surface area contributed by atoms with Crippen LogP contribution in [0.25, 0.3) is 0 Å². The summed E-state index contributed by atoms with van der Waals surface area (Å²) in [6.07, 6.45) is 4.21. The zero-order chi connectivity index (χ0) is 17.1. The first-order valence-electron chi connectivity index (χ1n) is 8.41. The second kappa shape index (κ2) is 7.12. The molecule has 1 heterocycles. The molecule has 1 saturated carbocycles. The van der Waals surface area contributed by atoms with Crippen molar-refractivity contribution in [3.05, 3.63) is 59.2 Å². The van der Waals surface area contributed by atoms with E-state index in [2.05, 4.69) is 4.98 Å². The molecule has 2 aromatic rings. The molecule has 1 aliphatic rings. The largest absolute Gasteiger partial charge is 0.497 e. The van der Waals surface area contributed by atoms with Gasteiger partial charge in [-0.05, 0) is 49.9 Å². The molecule has 1 atom stereocenters. The van der Waals surface area contributed by atoms with Gasteiger partial charge in [-0.2, -0.15) is 0 Å². The molecule has 1 aromatic heterocycles. The molecule has 3 nitrogen and oxygen atoms in total. The third-order valence-electron chi connectivity index (χ3n) is 4.82. The third-order valence-corrected chi connectivity index (χ3v) is 4.82. The van der Waals surface area contributed by atoms with E-state index >= 15 is 0 Å². The minimum atomic E-state index is -0.532. The minimum absolute atomic E-state index is 0.121. The molecule has 0 aliphatic heterocycles. The van der Waals surface area contributed by atoms with Gasteiger partial charge in [0.15, 0.2) is 5.78 Å². The Morgan fingerprint density at radius 3 is 2.62 bits per heavy atom. The van der Waals surface area contributed by atoms with Crippen molar-refractivity contribution >= 4 is 5.78 Å². The van der Waals surface area contributed by atoms with Crippen LogP contribution in [0.5, 0.6) is 5.75 Å². The number of hydrogen-bond acceptors (Lipinski definition) is 3. The van der Waals surface area contributed by atoms with Crippen LogP contribution < -0.4 is 4.74 Å². The van der Waals surface area contributed by atoms with Gasteiger partial charge in [0.25, 0.3) is 0 Å². The average molecular weight is 327 g/mol. The molecule has 126 valence electrons. The number of benzene rings is 1. The van der Waals surface area contributed by atoms with Crippen molar-refractivity contribution in [3.8, 4) is 5.75 Å². The Morgan fingerprint density at radius 2 is 2.00 bits per heavy atom. The summed E-state index contributed by atoms with van der Waals surface area (Å²) in [7, 11) is 1.48. The van der Waals surface area contributed by atoms with Crippen LogP contribution in [0.3, 0.4) is 0 Å². The Bertz CT molecular complexity index is 738. The highest BCUT2D eigenvalue weighted by atomic mass is 19.1. The minimum Gasteiger partial charge on any atom is -0.497 e. The first-order valence-corrected chi connectivity index (χ1v) is 8.41. The predicted octanol–water partition coefficient (Wildman–Crippen LogP) is 4.69. The van der Waals surface area contributed by atoms with E-state index in [9.17, 15) is 9.18 Å². The van der Waals surface area contributed by atoms with Crippen LogP contribution in [-0.2, 0) is 0 Å². The van der Waals surface area contributed by atoms with Crippen LogP contribution in [-0.4, -0.2) is 17.9 Å². The van der Waals surface area contributed by atoms with Crippen molar-refractivity contribution < 1.29 is 13.9 Å². The fourth-order valence-corrected chi connectivity index (χ4v) is 3.61. The lowest BCUT2D eigenvalue weighted by Crippen LogP contribution is -2.22. The van der Waals surface area contributed by atoms with E-state index in [1.165, 1.54) is 19.2 Å². The van der Waals surface area contributed by atoms with Gasteiger partial charge in [0.1, 0.15) is 11.6 Å². The van der Waals surface area contributed by atoms with Gasteiger partial charge >= 0.3 is 0 Å². The van der Waals surface area contributed by atoms with Crippen LogP contribution in [0, 0.1) is 18.7 Å². The van der Waals surface area contributed by atoms with Gasteiger partial charge in [-0.25, -0.2) is 4.39 Å². The molecular formula is C20H22FNO2. The number of hydrogen-bond donors (Lipinski definition) is 0. The molecule has 0 N–H and O–H groups in total. The topological polar surface area (TPSA) is 39.2 Å². The van der Waals surface area contributed by atoms with E-state index < -0.39 is 5.82 Å². The van der Waals surface area contributed by atoms with E-state index in [1.807, 2.05) is 25.1 Å². The van der Waals surface area contributed by atoms with E-state index in [0.29, 0.717) is 5.75 Å². The van der Waals surface area contributed by atoms with E-state index in [1.54, 1.807) is 6.07 Å². The average Bonchev–Trinajstić information content (AvgIpc) is 3.09. The summed E-state index contributed by atoms with van der Waals surface area (Å²) in [5.74, 6) is -0.450. The summed E-state index contributed by atoms with van der Waals surface area (Å²) in [4.78, 5) is 17.7. The zero-order valence-electron chi connectivity index (χ0n) is 14.1. The SMILES string of the molecule is COc1ccc(C(=O)C(c2cccc(C)n2)C2CCCC2)c(F)c1. The van der Waals surface area contributed by atoms with Crippen LogP contribution in [0.15, 0.2) is 36.4 Å². The standard InChI is InChI=1S/C20H22FNO2/c1-13-6-5-9-18(22-13)19(14-7-3-4-8-14)20(23)16-11-10-15(24-2)12-17(16)21/h5-6,9-12,14,19H,3-4,7-8H2,1-2H3. The third kappa shape index (κ3) is 3.32. The Balaban J connectivity index is 2.00. The molecule has 1 aliphatic carbocycles. The van der Waals surface area contributed by atoms with Crippen LogP contribution in [0.2, 0.25) is 0 Å². The number of aromatic nitrogens is 1. The summed E-state index contributed by atoms with van der Waals surface area (Å²) in [6.45, 7) is 1.91. The van der Waals surface area contributed by atoms with Gasteiger partial charge in [0, 0.05) is 11.8 Å². The Morgan fingerprint density at radius 1 is 1.25 bits per heavy atom. The fourth-order valence-electron chi connectivity index (χ4n) is 3.61. The molecular weight excluding hydrogens is 305 g/mol. The van der Waals surface area contributed by atoms with Crippen molar-refractivity contribution in [2.24, 2.45) is 5.92 Å². The maximum atomic E-state index is 14.4. The lowest BCUT2D eigenvalue weighted by atomic mass is 9.81. The summed E-state index contributed by atoms with van der Waals surface area (Å²) in [5, 5.41) is 0. The highest BCUT2D eigenvalue weighted by Crippen LogP contribution is 2.39. The van der Waals surface area contributed by atoms with Crippen LogP contribution in [0.4, 0.5) is 4.39 Å². The molecule has 0 bridgehead atoms. The normalized spacial score (nSPS) is 16.1. The lowest BCUT2D eigenvalue weighted by molar-refractivity contribution is 0.0923. The number of rotatable bonds is 5. The number of Topliss-reactive ketones (excluding diaryl/α,β-unsaturated/α-hetero) is 1. The summed E-state index contributed by atoms with van der Waals surface area (Å²) >= 11 is 0. The Kier molecular flexibility index (Phi) is 4.93. The van der Waals surface area contributed by atoms with Crippen LogP contribution in [0.1, 0.15) is 53.3 Å². The van der Waals surface area contributed by atoms with E-state index in [-0.39, 0.29) is 23.2 Å². The molecule has 0 saturated heterocycles. The number of methoxy groups -OCH3 is 1. The number of halogens is 1. The summed E-state index contributed by atoms with van der Waals surface area (Å²) < 4.78 is 19.4. The summed E-state index contributed by atoms with van der Waals surface area (Å²) in [5.41, 5.74) is 1.75. The molecule has 0 radical (unpaired) electrons. The zero-order valence-corrected chi connectivity index (χ0v) is 14.1. The Labute approximate surface area is 141 Å². The second-order valence-electron chi connectivity index (χ2n) is 6.44. The van der Waals surface area contributed by atoms with Gasteiger partial charge in [-0.3, -0.25) is 9.78 Å². The first-order chi connectivity index (χ1) is 11.6. The molecule has 1 aromatic carbocycles. The van der Waals surface area contributed by atoms with Gasteiger partial charge < -0.3 is 4.74 Å². The molecule has 24 heavy (non-hydrogen) atoms. The number of carbonyl (C=O) groups is 1.